The lowest BCUT2D eigenvalue weighted by Gasteiger charge is -2.34. The van der Waals surface area contributed by atoms with Crippen molar-refractivity contribution in [1.29, 1.82) is 0 Å². The molecular formula is C13H26N2O2. The van der Waals surface area contributed by atoms with Crippen LogP contribution in [0.4, 0.5) is 0 Å². The number of carbonyl (C=O) groups is 1. The Morgan fingerprint density at radius 3 is 2.35 bits per heavy atom. The van der Waals surface area contributed by atoms with Gasteiger partial charge in [0.1, 0.15) is 0 Å². The summed E-state index contributed by atoms with van der Waals surface area (Å²) in [5.41, 5.74) is 5.48. The Bertz CT molecular complexity index is 250. The van der Waals surface area contributed by atoms with E-state index in [1.165, 1.54) is 0 Å². The van der Waals surface area contributed by atoms with Crippen LogP contribution < -0.4 is 5.73 Å². The number of carbonyl (C=O) groups excluding carboxylic acids is 1. The molecule has 0 aliphatic carbocycles. The van der Waals surface area contributed by atoms with Gasteiger partial charge in [-0.25, -0.2) is 0 Å². The van der Waals surface area contributed by atoms with Gasteiger partial charge in [-0.15, -0.1) is 0 Å². The molecule has 1 atom stereocenters. The quantitative estimate of drug-likeness (QED) is 0.733. The van der Waals surface area contributed by atoms with Crippen molar-refractivity contribution in [2.24, 2.45) is 11.1 Å². The number of aliphatic hydroxyl groups is 1. The van der Waals surface area contributed by atoms with E-state index in [1.807, 2.05) is 0 Å². The topological polar surface area (TPSA) is 66.6 Å². The molecule has 17 heavy (non-hydrogen) atoms. The Balaban J connectivity index is 2.77. The molecule has 0 spiro atoms. The van der Waals surface area contributed by atoms with Crippen molar-refractivity contribution < 1.29 is 9.90 Å². The van der Waals surface area contributed by atoms with Crippen molar-refractivity contribution in [3.8, 4) is 0 Å². The molecule has 1 aliphatic heterocycles. The first-order chi connectivity index (χ1) is 8.09. The lowest BCUT2D eigenvalue weighted by molar-refractivity contribution is -0.142. The predicted molar refractivity (Wildman–Crippen MR) is 68.5 cm³/mol. The number of hydrogen-bond acceptors (Lipinski definition) is 3. The van der Waals surface area contributed by atoms with Gasteiger partial charge in [-0.3, -0.25) is 4.79 Å². The van der Waals surface area contributed by atoms with Gasteiger partial charge in [0.05, 0.1) is 11.5 Å². The van der Waals surface area contributed by atoms with Crippen LogP contribution in [0.5, 0.6) is 0 Å². The minimum atomic E-state index is -0.395. The van der Waals surface area contributed by atoms with E-state index < -0.39 is 5.41 Å². The zero-order chi connectivity index (χ0) is 12.9. The van der Waals surface area contributed by atoms with Crippen molar-refractivity contribution in [3.05, 3.63) is 0 Å². The molecular weight excluding hydrogens is 216 g/mol. The highest BCUT2D eigenvalue weighted by molar-refractivity contribution is 5.83. The maximum absolute atomic E-state index is 12.6. The van der Waals surface area contributed by atoms with E-state index in [0.29, 0.717) is 26.1 Å². The lowest BCUT2D eigenvalue weighted by Crippen LogP contribution is -2.47. The van der Waals surface area contributed by atoms with Gasteiger partial charge < -0.3 is 15.7 Å². The van der Waals surface area contributed by atoms with Crippen LogP contribution in [0.15, 0.2) is 0 Å². The van der Waals surface area contributed by atoms with Gasteiger partial charge in [0, 0.05) is 19.6 Å². The van der Waals surface area contributed by atoms with Gasteiger partial charge >= 0.3 is 0 Å². The van der Waals surface area contributed by atoms with Gasteiger partial charge in [0.2, 0.25) is 5.91 Å². The summed E-state index contributed by atoms with van der Waals surface area (Å²) >= 11 is 0. The third-order valence-corrected chi connectivity index (χ3v) is 3.75. The highest BCUT2D eigenvalue weighted by Crippen LogP contribution is 2.32. The Labute approximate surface area is 104 Å². The molecule has 1 unspecified atom stereocenters. The summed E-state index contributed by atoms with van der Waals surface area (Å²) in [5.74, 6) is 0.153. The van der Waals surface area contributed by atoms with Gasteiger partial charge in [0.25, 0.3) is 0 Å². The number of rotatable bonds is 6. The molecule has 1 heterocycles. The van der Waals surface area contributed by atoms with Crippen LogP contribution in [0.2, 0.25) is 0 Å². The Morgan fingerprint density at radius 2 is 2.00 bits per heavy atom. The molecule has 4 nitrogen and oxygen atoms in total. The Kier molecular flexibility index (Phi) is 5.40. The third-order valence-electron chi connectivity index (χ3n) is 3.75. The molecule has 0 saturated carbocycles. The van der Waals surface area contributed by atoms with Gasteiger partial charge in [0.15, 0.2) is 0 Å². The standard InChI is InChI=1S/C13H26N2O2/c1-3-6-13(10-14,7-4-2)12(17)15-8-5-11(16)9-15/h11,16H,3-10,14H2,1-2H3. The van der Waals surface area contributed by atoms with Crippen molar-refractivity contribution in [2.75, 3.05) is 19.6 Å². The maximum Gasteiger partial charge on any atom is 0.230 e. The summed E-state index contributed by atoms with van der Waals surface area (Å²) in [7, 11) is 0. The molecule has 100 valence electrons. The number of hydrogen-bond donors (Lipinski definition) is 2. The SMILES string of the molecule is CCCC(CN)(CCC)C(=O)N1CCC(O)C1. The van der Waals surface area contributed by atoms with Crippen LogP contribution in [-0.2, 0) is 4.79 Å². The Morgan fingerprint density at radius 1 is 1.41 bits per heavy atom. The minimum absolute atomic E-state index is 0.153. The predicted octanol–water partition coefficient (Wildman–Crippen LogP) is 1.12. The molecule has 1 saturated heterocycles. The number of nitrogens with two attached hydrogens (primary N) is 1. The van der Waals surface area contributed by atoms with Gasteiger partial charge in [-0.1, -0.05) is 26.7 Å². The second-order valence-corrected chi connectivity index (χ2v) is 5.18. The minimum Gasteiger partial charge on any atom is -0.391 e. The van der Waals surface area contributed by atoms with Crippen LogP contribution in [0.3, 0.4) is 0 Å². The van der Waals surface area contributed by atoms with Crippen LogP contribution in [0, 0.1) is 5.41 Å². The normalized spacial score (nSPS) is 20.9. The monoisotopic (exact) mass is 242 g/mol. The molecule has 1 aliphatic rings. The number of β-amino-alcohol motifs (C(OH)–C–C–N with tert-alkyl or cyclic N) is 1. The second kappa shape index (κ2) is 6.36. The second-order valence-electron chi connectivity index (χ2n) is 5.18. The van der Waals surface area contributed by atoms with E-state index in [-0.39, 0.29) is 12.0 Å². The molecule has 0 bridgehead atoms. The molecule has 0 aromatic carbocycles. The van der Waals surface area contributed by atoms with E-state index >= 15 is 0 Å². The molecule has 0 aromatic heterocycles. The smallest absolute Gasteiger partial charge is 0.230 e. The third kappa shape index (κ3) is 3.19. The summed E-state index contributed by atoms with van der Waals surface area (Å²) in [6, 6.07) is 0. The zero-order valence-corrected chi connectivity index (χ0v) is 11.1. The van der Waals surface area contributed by atoms with Crippen molar-refractivity contribution >= 4 is 5.91 Å². The van der Waals surface area contributed by atoms with E-state index in [4.69, 9.17) is 5.73 Å². The fraction of sp³-hybridized carbons (Fsp3) is 0.923. The molecule has 4 heteroatoms. The first kappa shape index (κ1) is 14.5. The zero-order valence-electron chi connectivity index (χ0n) is 11.1. The summed E-state index contributed by atoms with van der Waals surface area (Å²) in [6.45, 7) is 5.75. The van der Waals surface area contributed by atoms with Crippen molar-refractivity contribution in [3.63, 3.8) is 0 Å². The van der Waals surface area contributed by atoms with E-state index in [2.05, 4.69) is 13.8 Å². The summed E-state index contributed by atoms with van der Waals surface area (Å²) < 4.78 is 0. The summed E-state index contributed by atoms with van der Waals surface area (Å²) in [5, 5.41) is 9.52. The Hall–Kier alpha value is -0.610. The largest absolute Gasteiger partial charge is 0.391 e. The summed E-state index contributed by atoms with van der Waals surface area (Å²) in [6.07, 6.45) is 3.99. The molecule has 3 N–H and O–H groups in total. The number of likely N-dealkylation sites (tertiary alicyclic amines) is 1. The van der Waals surface area contributed by atoms with Crippen LogP contribution >= 0.6 is 0 Å². The number of nitrogens with zero attached hydrogens (tertiary/aromatic N) is 1. The van der Waals surface area contributed by atoms with Crippen LogP contribution in [-0.4, -0.2) is 41.7 Å². The molecule has 1 fully saturated rings. The average Bonchev–Trinajstić information content (AvgIpc) is 2.74. The lowest BCUT2D eigenvalue weighted by atomic mass is 9.78. The summed E-state index contributed by atoms with van der Waals surface area (Å²) in [4.78, 5) is 14.4. The first-order valence-corrected chi connectivity index (χ1v) is 6.77. The van der Waals surface area contributed by atoms with E-state index in [1.54, 1.807) is 4.90 Å². The van der Waals surface area contributed by atoms with Crippen LogP contribution in [0.1, 0.15) is 46.0 Å². The highest BCUT2D eigenvalue weighted by atomic mass is 16.3. The van der Waals surface area contributed by atoms with Gasteiger partial charge in [-0.2, -0.15) is 0 Å². The maximum atomic E-state index is 12.6. The number of amides is 1. The molecule has 1 rings (SSSR count). The highest BCUT2D eigenvalue weighted by Gasteiger charge is 2.40. The number of aliphatic hydroxyl groups excluding tert-OH is 1. The molecule has 0 radical (unpaired) electrons. The van der Waals surface area contributed by atoms with E-state index in [0.717, 1.165) is 25.7 Å². The van der Waals surface area contributed by atoms with Crippen LogP contribution in [0.25, 0.3) is 0 Å². The van der Waals surface area contributed by atoms with E-state index in [9.17, 15) is 9.90 Å². The average molecular weight is 242 g/mol. The van der Waals surface area contributed by atoms with Crippen molar-refractivity contribution in [1.82, 2.24) is 4.90 Å². The fourth-order valence-corrected chi connectivity index (χ4v) is 2.85. The fourth-order valence-electron chi connectivity index (χ4n) is 2.85. The van der Waals surface area contributed by atoms with Gasteiger partial charge in [-0.05, 0) is 19.3 Å². The first-order valence-electron chi connectivity index (χ1n) is 6.77. The molecule has 0 aromatic rings. The van der Waals surface area contributed by atoms with Crippen molar-refractivity contribution in [2.45, 2.75) is 52.1 Å². The molecule has 1 amide bonds.